The van der Waals surface area contributed by atoms with E-state index in [1.165, 1.54) is 32.1 Å². The van der Waals surface area contributed by atoms with Crippen LogP contribution < -0.4 is 5.32 Å². The monoisotopic (exact) mass is 275 g/mol. The molecular weight excluding hydrogens is 254 g/mol. The van der Waals surface area contributed by atoms with Crippen molar-refractivity contribution in [1.82, 2.24) is 10.2 Å². The molecule has 1 aromatic rings. The van der Waals surface area contributed by atoms with E-state index in [9.17, 15) is 4.79 Å². The maximum atomic E-state index is 12.1. The van der Waals surface area contributed by atoms with Crippen LogP contribution >= 0.6 is 0 Å². The van der Waals surface area contributed by atoms with Gasteiger partial charge in [-0.2, -0.15) is 5.10 Å². The number of hydrogen-bond donors (Lipinski definition) is 2. The Kier molecular flexibility index (Phi) is 2.84. The predicted molar refractivity (Wildman–Crippen MR) is 74.2 cm³/mol. The maximum absolute atomic E-state index is 12.1. The molecule has 1 aromatic heterocycles. The van der Waals surface area contributed by atoms with Gasteiger partial charge in [0.1, 0.15) is 0 Å². The zero-order valence-electron chi connectivity index (χ0n) is 11.7. The number of fused-ring (bicyclic) bond motifs is 1. The van der Waals surface area contributed by atoms with Crippen LogP contribution in [0, 0.1) is 11.3 Å². The summed E-state index contributed by atoms with van der Waals surface area (Å²) in [6.07, 6.45) is 8.15. The molecule has 20 heavy (non-hydrogen) atoms. The summed E-state index contributed by atoms with van der Waals surface area (Å²) in [6, 6.07) is 0. The van der Waals surface area contributed by atoms with Gasteiger partial charge in [-0.05, 0) is 37.0 Å². The Morgan fingerprint density at radius 1 is 1.45 bits per heavy atom. The molecule has 3 aliphatic rings. The molecule has 1 spiro atoms. The van der Waals surface area contributed by atoms with Gasteiger partial charge >= 0.3 is 0 Å². The lowest BCUT2D eigenvalue weighted by molar-refractivity contribution is -0.120. The quantitative estimate of drug-likeness (QED) is 0.890. The van der Waals surface area contributed by atoms with E-state index in [1.54, 1.807) is 0 Å². The lowest BCUT2D eigenvalue weighted by Crippen LogP contribution is -2.43. The molecule has 0 unspecified atom stereocenters. The van der Waals surface area contributed by atoms with E-state index in [2.05, 4.69) is 15.5 Å². The summed E-state index contributed by atoms with van der Waals surface area (Å²) in [7, 11) is 0. The molecule has 2 fully saturated rings. The Morgan fingerprint density at radius 3 is 3.05 bits per heavy atom. The van der Waals surface area contributed by atoms with E-state index in [4.69, 9.17) is 4.74 Å². The van der Waals surface area contributed by atoms with E-state index < -0.39 is 0 Å². The van der Waals surface area contributed by atoms with Gasteiger partial charge in [0, 0.05) is 24.1 Å². The number of nitrogens with zero attached hydrogens (tertiary/aromatic N) is 1. The first-order valence-electron chi connectivity index (χ1n) is 7.68. The molecule has 0 saturated heterocycles. The molecule has 108 valence electrons. The fourth-order valence-electron chi connectivity index (χ4n) is 4.05. The van der Waals surface area contributed by atoms with Gasteiger partial charge in [0.25, 0.3) is 0 Å². The fraction of sp³-hybridized carbons (Fsp3) is 0.733. The number of nitrogens with one attached hydrogen (secondary N) is 2. The summed E-state index contributed by atoms with van der Waals surface area (Å²) in [5.41, 5.74) is 2.77. The average Bonchev–Trinajstić information content (AvgIpc) is 2.75. The van der Waals surface area contributed by atoms with Crippen LogP contribution in [0.15, 0.2) is 0 Å². The van der Waals surface area contributed by atoms with Gasteiger partial charge < -0.3 is 10.1 Å². The third kappa shape index (κ3) is 2.04. The second kappa shape index (κ2) is 4.58. The van der Waals surface area contributed by atoms with E-state index in [0.29, 0.717) is 30.2 Å². The van der Waals surface area contributed by atoms with Crippen molar-refractivity contribution in [3.8, 4) is 0 Å². The first-order valence-corrected chi connectivity index (χ1v) is 7.68. The lowest BCUT2D eigenvalue weighted by Gasteiger charge is -2.54. The molecular formula is C15H21N3O2. The van der Waals surface area contributed by atoms with Gasteiger partial charge in [-0.15, -0.1) is 0 Å². The van der Waals surface area contributed by atoms with Gasteiger partial charge in [0.15, 0.2) is 5.82 Å². The average molecular weight is 275 g/mol. The van der Waals surface area contributed by atoms with Crippen molar-refractivity contribution in [2.75, 3.05) is 11.9 Å². The van der Waals surface area contributed by atoms with Crippen LogP contribution in [-0.4, -0.2) is 22.7 Å². The summed E-state index contributed by atoms with van der Waals surface area (Å²) >= 11 is 0. The minimum atomic E-state index is 0.101. The molecule has 0 bridgehead atoms. The van der Waals surface area contributed by atoms with Crippen LogP contribution in [0.4, 0.5) is 5.82 Å². The van der Waals surface area contributed by atoms with E-state index in [1.807, 2.05) is 0 Å². The normalized spacial score (nSPS) is 23.8. The molecule has 2 N–H and O–H groups in total. The first-order chi connectivity index (χ1) is 9.74. The molecule has 1 amide bonds. The zero-order chi connectivity index (χ0) is 13.6. The Morgan fingerprint density at radius 2 is 2.30 bits per heavy atom. The number of hydrogen-bond acceptors (Lipinski definition) is 3. The Bertz CT molecular complexity index is 525. The lowest BCUT2D eigenvalue weighted by atomic mass is 9.51. The maximum Gasteiger partial charge on any atom is 0.225 e. The molecule has 4 rings (SSSR count). The van der Waals surface area contributed by atoms with Crippen LogP contribution in [0.3, 0.4) is 0 Å². The van der Waals surface area contributed by atoms with Crippen molar-refractivity contribution >= 4 is 11.7 Å². The number of carbonyl (C=O) groups is 1. The van der Waals surface area contributed by atoms with Gasteiger partial charge in [0.05, 0.1) is 13.2 Å². The molecule has 2 heterocycles. The van der Waals surface area contributed by atoms with Crippen molar-refractivity contribution < 1.29 is 9.53 Å². The minimum Gasteiger partial charge on any atom is -0.376 e. The zero-order valence-corrected chi connectivity index (χ0v) is 11.7. The third-order valence-corrected chi connectivity index (χ3v) is 5.29. The van der Waals surface area contributed by atoms with E-state index >= 15 is 0 Å². The highest BCUT2D eigenvalue weighted by Crippen LogP contribution is 2.59. The highest BCUT2D eigenvalue weighted by atomic mass is 16.5. The van der Waals surface area contributed by atoms with Crippen molar-refractivity contribution in [3.63, 3.8) is 0 Å². The van der Waals surface area contributed by atoms with Gasteiger partial charge in [-0.1, -0.05) is 6.42 Å². The van der Waals surface area contributed by atoms with E-state index in [0.717, 1.165) is 24.3 Å². The topological polar surface area (TPSA) is 67.0 Å². The smallest absolute Gasteiger partial charge is 0.225 e. The van der Waals surface area contributed by atoms with Crippen LogP contribution in [0.25, 0.3) is 0 Å². The van der Waals surface area contributed by atoms with Crippen molar-refractivity contribution in [3.05, 3.63) is 11.3 Å². The van der Waals surface area contributed by atoms with Crippen LogP contribution in [0.2, 0.25) is 0 Å². The number of H-pyrrole nitrogens is 1. The fourth-order valence-corrected chi connectivity index (χ4v) is 4.05. The largest absolute Gasteiger partial charge is 0.376 e. The van der Waals surface area contributed by atoms with Crippen LogP contribution in [0.1, 0.15) is 49.8 Å². The molecule has 5 heteroatoms. The van der Waals surface area contributed by atoms with Gasteiger partial charge in [0.2, 0.25) is 5.91 Å². The SMILES string of the molecule is O=C(CC1CC2(CCC2)C1)Nc1n[nH]c2c1COCC2. The summed E-state index contributed by atoms with van der Waals surface area (Å²) in [4.78, 5) is 12.1. The number of aromatic amines is 1. The molecule has 1 aliphatic heterocycles. The number of aromatic nitrogens is 2. The summed E-state index contributed by atoms with van der Waals surface area (Å²) in [6.45, 7) is 1.28. The van der Waals surface area contributed by atoms with E-state index in [-0.39, 0.29) is 5.91 Å². The highest BCUT2D eigenvalue weighted by Gasteiger charge is 2.48. The Labute approximate surface area is 118 Å². The number of amides is 1. The second-order valence-corrected chi connectivity index (χ2v) is 6.71. The number of rotatable bonds is 3. The standard InChI is InChI=1S/C15H21N3O2/c19-13(6-10-7-15(8-10)3-1-4-15)16-14-11-9-20-5-2-12(11)17-18-14/h10H,1-9H2,(H2,16,17,18,19). The summed E-state index contributed by atoms with van der Waals surface area (Å²) in [5, 5.41) is 10.2. The molecule has 2 saturated carbocycles. The molecule has 0 aromatic carbocycles. The number of anilines is 1. The second-order valence-electron chi connectivity index (χ2n) is 6.71. The highest BCUT2D eigenvalue weighted by molar-refractivity contribution is 5.90. The molecule has 2 aliphatic carbocycles. The number of ether oxygens (including phenoxy) is 1. The van der Waals surface area contributed by atoms with Crippen LogP contribution in [-0.2, 0) is 22.6 Å². The minimum absolute atomic E-state index is 0.101. The molecule has 5 nitrogen and oxygen atoms in total. The van der Waals surface area contributed by atoms with Crippen LogP contribution in [0.5, 0.6) is 0 Å². The van der Waals surface area contributed by atoms with Crippen molar-refractivity contribution in [1.29, 1.82) is 0 Å². The Balaban J connectivity index is 1.33. The van der Waals surface area contributed by atoms with Crippen molar-refractivity contribution in [2.24, 2.45) is 11.3 Å². The first kappa shape index (κ1) is 12.4. The van der Waals surface area contributed by atoms with Gasteiger partial charge in [-0.25, -0.2) is 0 Å². The summed E-state index contributed by atoms with van der Waals surface area (Å²) in [5.74, 6) is 1.35. The molecule has 0 radical (unpaired) electrons. The number of carbonyl (C=O) groups excluding carboxylic acids is 1. The Hall–Kier alpha value is -1.36. The summed E-state index contributed by atoms with van der Waals surface area (Å²) < 4.78 is 5.43. The van der Waals surface area contributed by atoms with Crippen molar-refractivity contribution in [2.45, 2.75) is 51.6 Å². The predicted octanol–water partition coefficient (Wildman–Crippen LogP) is 2.39. The van der Waals surface area contributed by atoms with Gasteiger partial charge in [-0.3, -0.25) is 9.89 Å². The molecule has 0 atom stereocenters. The third-order valence-electron chi connectivity index (χ3n) is 5.29.